The van der Waals surface area contributed by atoms with Crippen LogP contribution in [0.3, 0.4) is 0 Å². The van der Waals surface area contributed by atoms with Crippen LogP contribution in [0.1, 0.15) is 10.4 Å². The first-order valence-corrected chi connectivity index (χ1v) is 4.49. The third kappa shape index (κ3) is 1.56. The second-order valence-electron chi connectivity index (χ2n) is 3.13. The molecule has 0 aliphatic heterocycles. The number of hydrogen-bond donors (Lipinski definition) is 0. The number of ether oxygens (including phenoxy) is 1. The molecule has 0 radical (unpaired) electrons. The highest BCUT2D eigenvalue weighted by molar-refractivity contribution is 6.04. The van der Waals surface area contributed by atoms with E-state index in [2.05, 4.69) is 4.74 Å². The van der Waals surface area contributed by atoms with E-state index in [1.54, 1.807) is 30.3 Å². The lowest BCUT2D eigenvalue weighted by Gasteiger charge is -2.04. The van der Waals surface area contributed by atoms with Crippen LogP contribution in [-0.2, 0) is 4.74 Å². The largest absolute Gasteiger partial charge is 0.465 e. The van der Waals surface area contributed by atoms with E-state index in [1.807, 2.05) is 0 Å². The first-order valence-electron chi connectivity index (χ1n) is 4.49. The maximum Gasteiger partial charge on any atom is 0.338 e. The van der Waals surface area contributed by atoms with E-state index in [9.17, 15) is 9.18 Å². The fraction of sp³-hybridized carbons (Fsp3) is 0.0833. The Morgan fingerprint density at radius 2 is 1.80 bits per heavy atom. The number of rotatable bonds is 1. The van der Waals surface area contributed by atoms with Crippen LogP contribution in [0.25, 0.3) is 10.8 Å². The molecule has 0 saturated carbocycles. The van der Waals surface area contributed by atoms with E-state index in [0.29, 0.717) is 16.3 Å². The van der Waals surface area contributed by atoms with Gasteiger partial charge < -0.3 is 4.74 Å². The van der Waals surface area contributed by atoms with Crippen molar-refractivity contribution in [3.05, 3.63) is 47.8 Å². The molecule has 0 spiro atoms. The number of benzene rings is 2. The van der Waals surface area contributed by atoms with E-state index in [0.717, 1.165) is 0 Å². The third-order valence-corrected chi connectivity index (χ3v) is 2.27. The van der Waals surface area contributed by atoms with Crippen LogP contribution in [0, 0.1) is 5.82 Å². The van der Waals surface area contributed by atoms with Crippen LogP contribution < -0.4 is 0 Å². The fourth-order valence-corrected chi connectivity index (χ4v) is 1.56. The van der Waals surface area contributed by atoms with E-state index in [4.69, 9.17) is 0 Å². The summed E-state index contributed by atoms with van der Waals surface area (Å²) in [4.78, 5) is 11.4. The van der Waals surface area contributed by atoms with Crippen LogP contribution in [0.4, 0.5) is 4.39 Å². The van der Waals surface area contributed by atoms with Crippen molar-refractivity contribution < 1.29 is 13.9 Å². The Morgan fingerprint density at radius 3 is 2.53 bits per heavy atom. The van der Waals surface area contributed by atoms with Gasteiger partial charge in [-0.1, -0.05) is 24.3 Å². The van der Waals surface area contributed by atoms with Crippen LogP contribution >= 0.6 is 0 Å². The van der Waals surface area contributed by atoms with Gasteiger partial charge in [-0.2, -0.15) is 0 Å². The summed E-state index contributed by atoms with van der Waals surface area (Å²) in [5, 5.41) is 1.00. The summed E-state index contributed by atoms with van der Waals surface area (Å²) in [6.07, 6.45) is 0. The summed E-state index contributed by atoms with van der Waals surface area (Å²) >= 11 is 0. The minimum atomic E-state index is -0.453. The molecule has 2 nitrogen and oxygen atoms in total. The number of fused-ring (bicyclic) bond motifs is 1. The van der Waals surface area contributed by atoms with Crippen LogP contribution in [0.5, 0.6) is 0 Å². The Labute approximate surface area is 86.3 Å². The topological polar surface area (TPSA) is 26.3 Å². The molecular formula is C12H9FO2. The van der Waals surface area contributed by atoms with Gasteiger partial charge in [0.25, 0.3) is 0 Å². The minimum Gasteiger partial charge on any atom is -0.465 e. The quantitative estimate of drug-likeness (QED) is 0.667. The van der Waals surface area contributed by atoms with Gasteiger partial charge >= 0.3 is 5.97 Å². The second-order valence-corrected chi connectivity index (χ2v) is 3.13. The molecule has 0 aromatic heterocycles. The van der Waals surface area contributed by atoms with Gasteiger partial charge in [0.05, 0.1) is 12.7 Å². The van der Waals surface area contributed by atoms with E-state index in [-0.39, 0.29) is 5.82 Å². The number of methoxy groups -OCH3 is 1. The van der Waals surface area contributed by atoms with Crippen molar-refractivity contribution in [2.24, 2.45) is 0 Å². The molecule has 0 N–H and O–H groups in total. The van der Waals surface area contributed by atoms with E-state index < -0.39 is 5.97 Å². The highest BCUT2D eigenvalue weighted by Gasteiger charge is 2.10. The van der Waals surface area contributed by atoms with Crippen molar-refractivity contribution in [3.63, 3.8) is 0 Å². The SMILES string of the molecule is COC(=O)c1cccc2c(F)cccc12. The van der Waals surface area contributed by atoms with Gasteiger partial charge in [0, 0.05) is 5.39 Å². The molecule has 0 aliphatic carbocycles. The molecule has 0 bridgehead atoms. The second kappa shape index (κ2) is 3.69. The van der Waals surface area contributed by atoms with Gasteiger partial charge in [-0.15, -0.1) is 0 Å². The summed E-state index contributed by atoms with van der Waals surface area (Å²) in [7, 11) is 1.31. The minimum absolute atomic E-state index is 0.335. The summed E-state index contributed by atoms with van der Waals surface area (Å²) in [6, 6.07) is 9.53. The summed E-state index contributed by atoms with van der Waals surface area (Å²) < 4.78 is 18.0. The lowest BCUT2D eigenvalue weighted by atomic mass is 10.0. The Morgan fingerprint density at radius 1 is 1.13 bits per heavy atom. The predicted octanol–water partition coefficient (Wildman–Crippen LogP) is 2.77. The van der Waals surface area contributed by atoms with Crippen LogP contribution in [0.2, 0.25) is 0 Å². The maximum absolute atomic E-state index is 13.4. The first kappa shape index (κ1) is 9.65. The van der Waals surface area contributed by atoms with Gasteiger partial charge in [-0.3, -0.25) is 0 Å². The van der Waals surface area contributed by atoms with Crippen LogP contribution in [-0.4, -0.2) is 13.1 Å². The monoisotopic (exact) mass is 204 g/mol. The molecule has 2 aromatic rings. The third-order valence-electron chi connectivity index (χ3n) is 2.27. The van der Waals surface area contributed by atoms with E-state index in [1.165, 1.54) is 13.2 Å². The zero-order chi connectivity index (χ0) is 10.8. The molecule has 0 unspecified atom stereocenters. The Bertz CT molecular complexity index is 520. The molecule has 76 valence electrons. The first-order chi connectivity index (χ1) is 7.24. The molecule has 0 atom stereocenters. The van der Waals surface area contributed by atoms with Gasteiger partial charge in [-0.25, -0.2) is 9.18 Å². The van der Waals surface area contributed by atoms with Crippen molar-refractivity contribution in [1.29, 1.82) is 0 Å². The Kier molecular flexibility index (Phi) is 2.37. The molecule has 0 saturated heterocycles. The number of carbonyl (C=O) groups is 1. The molecule has 0 aliphatic rings. The predicted molar refractivity (Wildman–Crippen MR) is 55.2 cm³/mol. The van der Waals surface area contributed by atoms with Gasteiger partial charge in [0.15, 0.2) is 0 Å². The number of carbonyl (C=O) groups excluding carboxylic acids is 1. The standard InChI is InChI=1S/C12H9FO2/c1-15-12(14)10-6-2-5-9-8(10)4-3-7-11(9)13/h2-7H,1H3. The average molecular weight is 204 g/mol. The lowest BCUT2D eigenvalue weighted by Crippen LogP contribution is -2.02. The van der Waals surface area contributed by atoms with Crippen molar-refractivity contribution >= 4 is 16.7 Å². The highest BCUT2D eigenvalue weighted by Crippen LogP contribution is 2.21. The van der Waals surface area contributed by atoms with Gasteiger partial charge in [0.1, 0.15) is 5.82 Å². The maximum atomic E-state index is 13.4. The number of esters is 1. The Balaban J connectivity index is 2.77. The van der Waals surface area contributed by atoms with Crippen molar-refractivity contribution in [2.75, 3.05) is 7.11 Å². The zero-order valence-corrected chi connectivity index (χ0v) is 8.16. The van der Waals surface area contributed by atoms with Crippen molar-refractivity contribution in [3.8, 4) is 0 Å². The summed E-state index contributed by atoms with van der Waals surface area (Å²) in [5.41, 5.74) is 0.384. The number of hydrogen-bond acceptors (Lipinski definition) is 2. The molecule has 0 heterocycles. The molecule has 0 fully saturated rings. The average Bonchev–Trinajstić information content (AvgIpc) is 2.28. The molecule has 3 heteroatoms. The highest BCUT2D eigenvalue weighted by atomic mass is 19.1. The van der Waals surface area contributed by atoms with Crippen molar-refractivity contribution in [2.45, 2.75) is 0 Å². The van der Waals surface area contributed by atoms with E-state index >= 15 is 0 Å². The van der Waals surface area contributed by atoms with Crippen LogP contribution in [0.15, 0.2) is 36.4 Å². The summed E-state index contributed by atoms with van der Waals surface area (Å²) in [5.74, 6) is -0.788. The smallest absolute Gasteiger partial charge is 0.338 e. The molecular weight excluding hydrogens is 195 g/mol. The molecule has 2 aromatic carbocycles. The lowest BCUT2D eigenvalue weighted by molar-refractivity contribution is 0.0603. The molecule has 2 rings (SSSR count). The van der Waals surface area contributed by atoms with Crippen molar-refractivity contribution in [1.82, 2.24) is 0 Å². The normalized spacial score (nSPS) is 10.3. The molecule has 15 heavy (non-hydrogen) atoms. The number of halogens is 1. The van der Waals surface area contributed by atoms with Gasteiger partial charge in [-0.05, 0) is 17.5 Å². The van der Waals surface area contributed by atoms with Gasteiger partial charge in [0.2, 0.25) is 0 Å². The molecule has 0 amide bonds. The Hall–Kier alpha value is -1.90. The summed E-state index contributed by atoms with van der Waals surface area (Å²) in [6.45, 7) is 0. The fourth-order valence-electron chi connectivity index (χ4n) is 1.56. The zero-order valence-electron chi connectivity index (χ0n) is 8.16.